The van der Waals surface area contributed by atoms with Gasteiger partial charge in [0.15, 0.2) is 0 Å². The SMILES string of the molecule is O=C(c1ccc2ncsc2c1)N1CCC(N2CCOC2=O)CC1. The zero-order valence-electron chi connectivity index (χ0n) is 12.6. The maximum absolute atomic E-state index is 12.7. The monoisotopic (exact) mass is 331 g/mol. The largest absolute Gasteiger partial charge is 0.448 e. The number of nitrogens with zero attached hydrogens (tertiary/aromatic N) is 3. The van der Waals surface area contributed by atoms with E-state index < -0.39 is 0 Å². The summed E-state index contributed by atoms with van der Waals surface area (Å²) >= 11 is 1.54. The fraction of sp³-hybridized carbons (Fsp3) is 0.438. The van der Waals surface area contributed by atoms with Gasteiger partial charge in [0.2, 0.25) is 0 Å². The van der Waals surface area contributed by atoms with Gasteiger partial charge >= 0.3 is 6.09 Å². The van der Waals surface area contributed by atoms with Crippen molar-refractivity contribution in [3.8, 4) is 0 Å². The molecule has 2 saturated heterocycles. The van der Waals surface area contributed by atoms with Crippen LogP contribution in [0.2, 0.25) is 0 Å². The molecule has 7 heteroatoms. The number of thiazole rings is 1. The van der Waals surface area contributed by atoms with Gasteiger partial charge in [-0.2, -0.15) is 0 Å². The molecule has 3 heterocycles. The molecule has 0 saturated carbocycles. The maximum atomic E-state index is 12.7. The third-order valence-electron chi connectivity index (χ3n) is 4.56. The smallest absolute Gasteiger partial charge is 0.410 e. The molecule has 1 aromatic heterocycles. The van der Waals surface area contributed by atoms with Gasteiger partial charge in [-0.05, 0) is 31.0 Å². The van der Waals surface area contributed by atoms with Gasteiger partial charge < -0.3 is 14.5 Å². The second-order valence-corrected chi connectivity index (χ2v) is 6.75. The summed E-state index contributed by atoms with van der Waals surface area (Å²) in [5, 5.41) is 0. The minimum absolute atomic E-state index is 0.0581. The average molecular weight is 331 g/mol. The van der Waals surface area contributed by atoms with E-state index in [0.29, 0.717) is 31.8 Å². The second kappa shape index (κ2) is 5.81. The first-order valence-corrected chi connectivity index (χ1v) is 8.66. The standard InChI is InChI=1S/C16H17N3O3S/c20-15(11-1-2-13-14(9-11)23-10-17-13)18-5-3-12(4-6-18)19-7-8-22-16(19)21/h1-2,9-10,12H,3-8H2. The molecule has 120 valence electrons. The molecular formula is C16H17N3O3S. The molecule has 4 rings (SSSR count). The van der Waals surface area contributed by atoms with Crippen molar-refractivity contribution in [2.75, 3.05) is 26.2 Å². The Kier molecular flexibility index (Phi) is 3.65. The molecule has 6 nitrogen and oxygen atoms in total. The number of fused-ring (bicyclic) bond motifs is 1. The van der Waals surface area contributed by atoms with Crippen LogP contribution in [0.5, 0.6) is 0 Å². The first kappa shape index (κ1) is 14.4. The number of cyclic esters (lactones) is 1. The lowest BCUT2D eigenvalue weighted by Gasteiger charge is -2.35. The van der Waals surface area contributed by atoms with E-state index in [-0.39, 0.29) is 18.0 Å². The van der Waals surface area contributed by atoms with Crippen LogP contribution in [0.25, 0.3) is 10.2 Å². The predicted molar refractivity (Wildman–Crippen MR) is 86.6 cm³/mol. The Morgan fingerprint density at radius 3 is 2.83 bits per heavy atom. The molecule has 0 atom stereocenters. The van der Waals surface area contributed by atoms with Gasteiger partial charge in [0.1, 0.15) is 6.61 Å². The van der Waals surface area contributed by atoms with E-state index in [9.17, 15) is 9.59 Å². The summed E-state index contributed by atoms with van der Waals surface area (Å²) in [7, 11) is 0. The van der Waals surface area contributed by atoms with Crippen LogP contribution in [0.15, 0.2) is 23.7 Å². The van der Waals surface area contributed by atoms with E-state index in [2.05, 4.69) is 4.98 Å². The van der Waals surface area contributed by atoms with Crippen LogP contribution >= 0.6 is 11.3 Å². The summed E-state index contributed by atoms with van der Waals surface area (Å²) < 4.78 is 6.03. The van der Waals surface area contributed by atoms with Crippen LogP contribution in [-0.2, 0) is 4.74 Å². The Bertz CT molecular complexity index is 752. The summed E-state index contributed by atoms with van der Waals surface area (Å²) in [6.45, 7) is 2.49. The first-order valence-electron chi connectivity index (χ1n) is 7.78. The van der Waals surface area contributed by atoms with Crippen LogP contribution in [0.3, 0.4) is 0 Å². The van der Waals surface area contributed by atoms with Gasteiger partial charge in [0, 0.05) is 24.7 Å². The molecule has 23 heavy (non-hydrogen) atoms. The van der Waals surface area contributed by atoms with Crippen molar-refractivity contribution in [3.05, 3.63) is 29.3 Å². The van der Waals surface area contributed by atoms with Gasteiger partial charge in [-0.3, -0.25) is 4.79 Å². The molecule has 0 aliphatic carbocycles. The number of likely N-dealkylation sites (tertiary alicyclic amines) is 1. The lowest BCUT2D eigenvalue weighted by atomic mass is 10.0. The molecule has 0 N–H and O–H groups in total. The minimum atomic E-state index is -0.217. The number of carbonyl (C=O) groups excluding carboxylic acids is 2. The van der Waals surface area contributed by atoms with Crippen LogP contribution in [0.1, 0.15) is 23.2 Å². The van der Waals surface area contributed by atoms with Crippen LogP contribution < -0.4 is 0 Å². The third-order valence-corrected chi connectivity index (χ3v) is 5.35. The zero-order valence-corrected chi connectivity index (χ0v) is 13.4. The topological polar surface area (TPSA) is 62.7 Å². The number of carbonyl (C=O) groups is 2. The highest BCUT2D eigenvalue weighted by molar-refractivity contribution is 7.16. The van der Waals surface area contributed by atoms with E-state index in [1.165, 1.54) is 0 Å². The third kappa shape index (κ3) is 2.65. The van der Waals surface area contributed by atoms with Crippen molar-refractivity contribution in [1.29, 1.82) is 0 Å². The zero-order chi connectivity index (χ0) is 15.8. The molecule has 0 spiro atoms. The highest BCUT2D eigenvalue weighted by Gasteiger charge is 2.33. The summed E-state index contributed by atoms with van der Waals surface area (Å²) in [6, 6.07) is 5.85. The summed E-state index contributed by atoms with van der Waals surface area (Å²) in [4.78, 5) is 32.2. The minimum Gasteiger partial charge on any atom is -0.448 e. The van der Waals surface area contributed by atoms with E-state index in [0.717, 1.165) is 23.1 Å². The Labute approximate surface area is 137 Å². The predicted octanol–water partition coefficient (Wildman–Crippen LogP) is 2.35. The number of benzene rings is 1. The average Bonchev–Trinajstić information content (AvgIpc) is 3.22. The van der Waals surface area contributed by atoms with Crippen molar-refractivity contribution >= 4 is 33.6 Å². The molecule has 2 aliphatic rings. The van der Waals surface area contributed by atoms with E-state index in [1.807, 2.05) is 23.1 Å². The summed E-state index contributed by atoms with van der Waals surface area (Å²) in [5.74, 6) is 0.0581. The second-order valence-electron chi connectivity index (χ2n) is 5.87. The van der Waals surface area contributed by atoms with Crippen LogP contribution in [0, 0.1) is 0 Å². The number of ether oxygens (including phenoxy) is 1. The molecule has 0 bridgehead atoms. The molecule has 0 unspecified atom stereocenters. The van der Waals surface area contributed by atoms with E-state index >= 15 is 0 Å². The van der Waals surface area contributed by atoms with Crippen molar-refractivity contribution < 1.29 is 14.3 Å². The summed E-state index contributed by atoms with van der Waals surface area (Å²) in [6.07, 6.45) is 1.40. The molecule has 2 amide bonds. The molecule has 2 aliphatic heterocycles. The maximum Gasteiger partial charge on any atom is 0.410 e. The number of rotatable bonds is 2. The highest BCUT2D eigenvalue weighted by Crippen LogP contribution is 2.23. The number of amides is 2. The normalized spacial score (nSPS) is 19.4. The van der Waals surface area contributed by atoms with Gasteiger partial charge in [-0.1, -0.05) is 0 Å². The van der Waals surface area contributed by atoms with Crippen molar-refractivity contribution in [3.63, 3.8) is 0 Å². The highest BCUT2D eigenvalue weighted by atomic mass is 32.1. The van der Waals surface area contributed by atoms with Crippen molar-refractivity contribution in [1.82, 2.24) is 14.8 Å². The number of aromatic nitrogens is 1. The van der Waals surface area contributed by atoms with Gasteiger partial charge in [0.25, 0.3) is 5.91 Å². The van der Waals surface area contributed by atoms with Crippen molar-refractivity contribution in [2.45, 2.75) is 18.9 Å². The Morgan fingerprint density at radius 1 is 1.26 bits per heavy atom. The Morgan fingerprint density at radius 2 is 2.09 bits per heavy atom. The lowest BCUT2D eigenvalue weighted by molar-refractivity contribution is 0.0659. The van der Waals surface area contributed by atoms with E-state index in [4.69, 9.17) is 4.74 Å². The fourth-order valence-corrected chi connectivity index (χ4v) is 4.00. The quantitative estimate of drug-likeness (QED) is 0.847. The molecule has 2 fully saturated rings. The molecule has 1 aromatic carbocycles. The first-order chi connectivity index (χ1) is 11.2. The van der Waals surface area contributed by atoms with Gasteiger partial charge in [-0.15, -0.1) is 11.3 Å². The van der Waals surface area contributed by atoms with Crippen molar-refractivity contribution in [2.24, 2.45) is 0 Å². The molecular weight excluding hydrogens is 314 g/mol. The lowest BCUT2D eigenvalue weighted by Crippen LogP contribution is -2.47. The van der Waals surface area contributed by atoms with Gasteiger partial charge in [-0.25, -0.2) is 9.78 Å². The number of hydrogen-bond donors (Lipinski definition) is 0. The van der Waals surface area contributed by atoms with Gasteiger partial charge in [0.05, 0.1) is 22.3 Å². The fourth-order valence-electron chi connectivity index (χ4n) is 3.29. The van der Waals surface area contributed by atoms with Crippen LogP contribution in [-0.4, -0.2) is 59.1 Å². The molecule has 2 aromatic rings. The Hall–Kier alpha value is -2.15. The van der Waals surface area contributed by atoms with E-state index in [1.54, 1.807) is 21.7 Å². The number of piperidine rings is 1. The number of hydrogen-bond acceptors (Lipinski definition) is 5. The Balaban J connectivity index is 1.43. The summed E-state index contributed by atoms with van der Waals surface area (Å²) in [5.41, 5.74) is 3.43. The van der Waals surface area contributed by atoms with Crippen LogP contribution in [0.4, 0.5) is 4.79 Å². The molecule has 0 radical (unpaired) electrons.